The molecule has 2 aromatic rings. The average Bonchev–Trinajstić information content (AvgIpc) is 3.38. The molecule has 31 heavy (non-hydrogen) atoms. The van der Waals surface area contributed by atoms with Crippen LogP contribution in [-0.4, -0.2) is 61.2 Å². The second-order valence-electron chi connectivity index (χ2n) is 8.70. The van der Waals surface area contributed by atoms with E-state index >= 15 is 0 Å². The van der Waals surface area contributed by atoms with Crippen molar-refractivity contribution >= 4 is 23.4 Å². The molecule has 2 N–H and O–H groups in total. The number of hydrogen-bond acceptors (Lipinski definition) is 4. The molecule has 2 fully saturated rings. The molecule has 2 aliphatic heterocycles. The van der Waals surface area contributed by atoms with Crippen molar-refractivity contribution in [2.75, 3.05) is 38.1 Å². The molecule has 0 spiro atoms. The number of benzene rings is 1. The third-order valence-electron chi connectivity index (χ3n) is 6.37. The van der Waals surface area contributed by atoms with Crippen molar-refractivity contribution in [1.82, 2.24) is 20.5 Å². The highest BCUT2D eigenvalue weighted by Gasteiger charge is 2.29. The van der Waals surface area contributed by atoms with Gasteiger partial charge in [-0.3, -0.25) is 9.89 Å². The minimum atomic E-state index is 0.335. The Hall–Kier alpha value is -2.31. The minimum absolute atomic E-state index is 0.335. The first-order valence-electron chi connectivity index (χ1n) is 11.2. The summed E-state index contributed by atoms with van der Waals surface area (Å²) in [5.74, 6) is 2.38. The number of likely N-dealkylation sites (tertiary alicyclic amines) is 1. The van der Waals surface area contributed by atoms with Crippen molar-refractivity contribution in [3.63, 3.8) is 0 Å². The van der Waals surface area contributed by atoms with Crippen molar-refractivity contribution < 1.29 is 0 Å². The Labute approximate surface area is 190 Å². The van der Waals surface area contributed by atoms with Gasteiger partial charge >= 0.3 is 0 Å². The van der Waals surface area contributed by atoms with Gasteiger partial charge in [0, 0.05) is 58.1 Å². The molecular formula is C24H33ClN6. The van der Waals surface area contributed by atoms with E-state index in [9.17, 15) is 0 Å². The number of hydrogen-bond donors (Lipinski definition) is 2. The summed E-state index contributed by atoms with van der Waals surface area (Å²) in [4.78, 5) is 13.7. The van der Waals surface area contributed by atoms with E-state index < -0.39 is 0 Å². The zero-order valence-corrected chi connectivity index (χ0v) is 19.2. The minimum Gasteiger partial charge on any atom is -0.356 e. The number of halogens is 1. The van der Waals surface area contributed by atoms with Crippen LogP contribution >= 0.6 is 11.6 Å². The van der Waals surface area contributed by atoms with Gasteiger partial charge in [0.05, 0.1) is 5.02 Å². The molecule has 7 heteroatoms. The van der Waals surface area contributed by atoms with E-state index in [2.05, 4.69) is 67.7 Å². The molecule has 1 aromatic heterocycles. The molecular weight excluding hydrogens is 408 g/mol. The summed E-state index contributed by atoms with van der Waals surface area (Å²) < 4.78 is 0. The number of aromatic nitrogens is 1. The van der Waals surface area contributed by atoms with Crippen LogP contribution in [0.3, 0.4) is 0 Å². The Morgan fingerprint density at radius 2 is 2.03 bits per heavy atom. The highest BCUT2D eigenvalue weighted by Crippen LogP contribution is 2.26. The third-order valence-corrected chi connectivity index (χ3v) is 6.66. The van der Waals surface area contributed by atoms with Gasteiger partial charge in [0.25, 0.3) is 0 Å². The highest BCUT2D eigenvalue weighted by atomic mass is 35.5. The number of nitrogens with one attached hydrogen (secondary N) is 2. The van der Waals surface area contributed by atoms with E-state index in [1.807, 2.05) is 19.2 Å². The summed E-state index contributed by atoms with van der Waals surface area (Å²) in [6, 6.07) is 15.5. The second-order valence-corrected chi connectivity index (χ2v) is 9.11. The van der Waals surface area contributed by atoms with Crippen LogP contribution in [0, 0.1) is 5.92 Å². The van der Waals surface area contributed by atoms with E-state index in [-0.39, 0.29) is 0 Å². The van der Waals surface area contributed by atoms with Crippen LogP contribution in [0.1, 0.15) is 25.3 Å². The lowest BCUT2D eigenvalue weighted by atomic mass is 10.1. The van der Waals surface area contributed by atoms with Gasteiger partial charge in [0.2, 0.25) is 0 Å². The number of pyridine rings is 1. The van der Waals surface area contributed by atoms with Crippen LogP contribution in [0.4, 0.5) is 5.82 Å². The van der Waals surface area contributed by atoms with Gasteiger partial charge < -0.3 is 15.5 Å². The van der Waals surface area contributed by atoms with Gasteiger partial charge in [0.1, 0.15) is 5.82 Å². The topological polar surface area (TPSA) is 55.8 Å². The molecule has 2 aliphatic rings. The number of aliphatic imine (C=N–C) groups is 1. The SMILES string of the molecule is CN=C(NCC1CC(C)N(Cc2ccccc2)C1)NC1CCN(c2ncccc2Cl)C1. The van der Waals surface area contributed by atoms with Crippen molar-refractivity contribution in [3.8, 4) is 0 Å². The van der Waals surface area contributed by atoms with Crippen LogP contribution in [-0.2, 0) is 6.54 Å². The Bertz CT molecular complexity index is 873. The molecule has 6 nitrogen and oxygen atoms in total. The Morgan fingerprint density at radius 1 is 1.19 bits per heavy atom. The normalized spacial score (nSPS) is 24.5. The smallest absolute Gasteiger partial charge is 0.191 e. The van der Waals surface area contributed by atoms with Crippen LogP contribution in [0.5, 0.6) is 0 Å². The van der Waals surface area contributed by atoms with E-state index in [1.165, 1.54) is 12.0 Å². The monoisotopic (exact) mass is 440 g/mol. The second kappa shape index (κ2) is 10.3. The predicted octanol–water partition coefficient (Wildman–Crippen LogP) is 3.39. The third kappa shape index (κ3) is 5.69. The summed E-state index contributed by atoms with van der Waals surface area (Å²) in [7, 11) is 1.84. The Balaban J connectivity index is 1.23. The summed E-state index contributed by atoms with van der Waals surface area (Å²) in [6.45, 7) is 7.25. The molecule has 1 aromatic carbocycles. The molecule has 3 atom stereocenters. The summed E-state index contributed by atoms with van der Waals surface area (Å²) in [5, 5.41) is 7.85. The van der Waals surface area contributed by atoms with E-state index in [0.717, 1.165) is 50.9 Å². The summed E-state index contributed by atoms with van der Waals surface area (Å²) in [5.41, 5.74) is 1.39. The maximum absolute atomic E-state index is 6.32. The van der Waals surface area contributed by atoms with Gasteiger partial charge in [-0.15, -0.1) is 0 Å². The average molecular weight is 441 g/mol. The molecule has 0 amide bonds. The van der Waals surface area contributed by atoms with Crippen LogP contribution in [0.25, 0.3) is 0 Å². The maximum atomic E-state index is 6.32. The molecule has 3 heterocycles. The molecule has 0 bridgehead atoms. The van der Waals surface area contributed by atoms with Gasteiger partial charge in [-0.05, 0) is 43.4 Å². The largest absolute Gasteiger partial charge is 0.356 e. The van der Waals surface area contributed by atoms with Crippen LogP contribution in [0.2, 0.25) is 5.02 Å². The van der Waals surface area contributed by atoms with Gasteiger partial charge in [-0.1, -0.05) is 41.9 Å². The summed E-state index contributed by atoms with van der Waals surface area (Å²) in [6.07, 6.45) is 4.05. The van der Waals surface area contributed by atoms with E-state index in [4.69, 9.17) is 11.6 Å². The van der Waals surface area contributed by atoms with E-state index in [1.54, 1.807) is 6.20 Å². The number of anilines is 1. The molecule has 166 valence electrons. The first-order valence-corrected chi connectivity index (χ1v) is 11.6. The van der Waals surface area contributed by atoms with Crippen molar-refractivity contribution in [2.45, 2.75) is 38.4 Å². The summed E-state index contributed by atoms with van der Waals surface area (Å²) >= 11 is 6.32. The first-order chi connectivity index (χ1) is 15.1. The first kappa shape index (κ1) is 21.9. The zero-order valence-electron chi connectivity index (χ0n) is 18.5. The number of nitrogens with zero attached hydrogens (tertiary/aromatic N) is 4. The Kier molecular flexibility index (Phi) is 7.30. The van der Waals surface area contributed by atoms with Crippen molar-refractivity contribution in [2.24, 2.45) is 10.9 Å². The quantitative estimate of drug-likeness (QED) is 0.532. The lowest BCUT2D eigenvalue weighted by molar-refractivity contribution is 0.255. The molecule has 2 saturated heterocycles. The zero-order chi connectivity index (χ0) is 21.6. The predicted molar refractivity (Wildman–Crippen MR) is 129 cm³/mol. The Morgan fingerprint density at radius 3 is 2.81 bits per heavy atom. The highest BCUT2D eigenvalue weighted by molar-refractivity contribution is 6.32. The molecule has 4 rings (SSSR count). The lowest BCUT2D eigenvalue weighted by Crippen LogP contribution is -2.46. The van der Waals surface area contributed by atoms with E-state index in [0.29, 0.717) is 23.0 Å². The van der Waals surface area contributed by atoms with Crippen molar-refractivity contribution in [1.29, 1.82) is 0 Å². The maximum Gasteiger partial charge on any atom is 0.191 e. The fraction of sp³-hybridized carbons (Fsp3) is 0.500. The standard InChI is InChI=1S/C24H33ClN6/c1-18-13-20(16-31(18)15-19-7-4-3-5-8-19)14-28-24(26-2)29-21-10-12-30(17-21)23-22(25)9-6-11-27-23/h3-9,11,18,20-21H,10,12-17H2,1-2H3,(H2,26,28,29). The fourth-order valence-corrected chi connectivity index (χ4v) is 4.95. The molecule has 3 unspecified atom stereocenters. The van der Waals surface area contributed by atoms with Gasteiger partial charge in [-0.2, -0.15) is 0 Å². The molecule has 0 saturated carbocycles. The van der Waals surface area contributed by atoms with Crippen LogP contribution in [0.15, 0.2) is 53.7 Å². The lowest BCUT2D eigenvalue weighted by Gasteiger charge is -2.22. The molecule has 0 aliphatic carbocycles. The van der Waals surface area contributed by atoms with Crippen molar-refractivity contribution in [3.05, 3.63) is 59.2 Å². The van der Waals surface area contributed by atoms with Crippen LogP contribution < -0.4 is 15.5 Å². The fourth-order valence-electron chi connectivity index (χ4n) is 4.71. The number of rotatable bonds is 6. The number of guanidine groups is 1. The van der Waals surface area contributed by atoms with Gasteiger partial charge in [-0.25, -0.2) is 4.98 Å². The van der Waals surface area contributed by atoms with Gasteiger partial charge in [0.15, 0.2) is 5.96 Å². The molecule has 0 radical (unpaired) electrons.